The number of rotatable bonds is 3. The van der Waals surface area contributed by atoms with Gasteiger partial charge in [-0.15, -0.1) is 0 Å². The summed E-state index contributed by atoms with van der Waals surface area (Å²) in [6, 6.07) is 6.25. The molecule has 0 aliphatic rings. The molecule has 0 spiro atoms. The van der Waals surface area contributed by atoms with Crippen LogP contribution < -0.4 is 5.73 Å². The number of nitrogens with zero attached hydrogens (tertiary/aromatic N) is 1. The smallest absolute Gasteiger partial charge is 0.0319 e. The molecule has 0 aliphatic heterocycles. The Kier molecular flexibility index (Phi) is 3.32. The Labute approximate surface area is 80.4 Å². The summed E-state index contributed by atoms with van der Waals surface area (Å²) in [7, 11) is 4.16. The van der Waals surface area contributed by atoms with E-state index in [9.17, 15) is 0 Å². The van der Waals surface area contributed by atoms with E-state index >= 15 is 0 Å². The van der Waals surface area contributed by atoms with E-state index in [0.717, 1.165) is 18.7 Å². The molecular weight excluding hydrogens is 160 g/mol. The summed E-state index contributed by atoms with van der Waals surface area (Å²) in [4.78, 5) is 2.18. The largest absolute Gasteiger partial charge is 0.399 e. The number of nitrogen functional groups attached to an aromatic ring is 1. The zero-order valence-corrected chi connectivity index (χ0v) is 8.67. The van der Waals surface area contributed by atoms with E-state index in [1.54, 1.807) is 0 Å². The lowest BCUT2D eigenvalue weighted by atomic mass is 10.1. The fourth-order valence-corrected chi connectivity index (χ4v) is 1.39. The SMILES string of the molecule is Cc1cc(N)cc(CCN(C)C)c1. The van der Waals surface area contributed by atoms with Gasteiger partial charge in [-0.3, -0.25) is 0 Å². The lowest BCUT2D eigenvalue weighted by Gasteiger charge is -2.10. The Bertz CT molecular complexity index is 259. The summed E-state index contributed by atoms with van der Waals surface area (Å²) < 4.78 is 0. The van der Waals surface area contributed by atoms with Gasteiger partial charge in [-0.05, 0) is 50.7 Å². The molecule has 72 valence electrons. The number of nitrogens with two attached hydrogens (primary N) is 1. The minimum atomic E-state index is 0.869. The predicted molar refractivity (Wildman–Crippen MR) is 57.8 cm³/mol. The molecule has 1 aromatic carbocycles. The summed E-state index contributed by atoms with van der Waals surface area (Å²) >= 11 is 0. The average Bonchev–Trinajstić information content (AvgIpc) is 1.99. The Morgan fingerprint density at radius 3 is 2.46 bits per heavy atom. The first-order valence-corrected chi connectivity index (χ1v) is 4.58. The minimum Gasteiger partial charge on any atom is -0.399 e. The maximum absolute atomic E-state index is 5.75. The van der Waals surface area contributed by atoms with Crippen LogP contribution in [0.1, 0.15) is 11.1 Å². The first kappa shape index (κ1) is 10.1. The molecule has 0 saturated heterocycles. The van der Waals surface area contributed by atoms with Crippen LogP contribution in [0.5, 0.6) is 0 Å². The van der Waals surface area contributed by atoms with Gasteiger partial charge in [-0.1, -0.05) is 6.07 Å². The van der Waals surface area contributed by atoms with Gasteiger partial charge < -0.3 is 10.6 Å². The first-order chi connectivity index (χ1) is 6.08. The van der Waals surface area contributed by atoms with Crippen LogP contribution in [0.15, 0.2) is 18.2 Å². The molecule has 0 amide bonds. The van der Waals surface area contributed by atoms with E-state index in [-0.39, 0.29) is 0 Å². The molecule has 0 aliphatic carbocycles. The highest BCUT2D eigenvalue weighted by molar-refractivity contribution is 5.44. The monoisotopic (exact) mass is 178 g/mol. The lowest BCUT2D eigenvalue weighted by Crippen LogP contribution is -2.15. The number of anilines is 1. The quantitative estimate of drug-likeness (QED) is 0.714. The molecule has 0 bridgehead atoms. The van der Waals surface area contributed by atoms with Gasteiger partial charge in [0.2, 0.25) is 0 Å². The summed E-state index contributed by atoms with van der Waals surface area (Å²) in [6.07, 6.45) is 1.07. The maximum Gasteiger partial charge on any atom is 0.0319 e. The molecule has 0 unspecified atom stereocenters. The van der Waals surface area contributed by atoms with Gasteiger partial charge in [0.05, 0.1) is 0 Å². The summed E-state index contributed by atoms with van der Waals surface area (Å²) in [5.41, 5.74) is 9.19. The summed E-state index contributed by atoms with van der Waals surface area (Å²) in [5, 5.41) is 0. The van der Waals surface area contributed by atoms with Crippen molar-refractivity contribution < 1.29 is 0 Å². The standard InChI is InChI=1S/C11H18N2/c1-9-6-10(4-5-13(2)3)8-11(12)7-9/h6-8H,4-5,12H2,1-3H3. The molecule has 0 aromatic heterocycles. The Morgan fingerprint density at radius 2 is 1.92 bits per heavy atom. The van der Waals surface area contributed by atoms with Crippen molar-refractivity contribution in [3.8, 4) is 0 Å². The zero-order valence-electron chi connectivity index (χ0n) is 8.67. The van der Waals surface area contributed by atoms with Gasteiger partial charge in [-0.25, -0.2) is 0 Å². The Morgan fingerprint density at radius 1 is 1.23 bits per heavy atom. The Hall–Kier alpha value is -1.02. The van der Waals surface area contributed by atoms with Gasteiger partial charge in [0.25, 0.3) is 0 Å². The number of hydrogen-bond acceptors (Lipinski definition) is 2. The number of likely N-dealkylation sites (N-methyl/N-ethyl adjacent to an activating group) is 1. The topological polar surface area (TPSA) is 29.3 Å². The third kappa shape index (κ3) is 3.47. The van der Waals surface area contributed by atoms with Crippen LogP contribution >= 0.6 is 0 Å². The van der Waals surface area contributed by atoms with Crippen molar-refractivity contribution in [1.29, 1.82) is 0 Å². The van der Waals surface area contributed by atoms with E-state index in [4.69, 9.17) is 5.73 Å². The Balaban J connectivity index is 2.66. The molecule has 0 saturated carbocycles. The van der Waals surface area contributed by atoms with Gasteiger partial charge in [0.1, 0.15) is 0 Å². The van der Waals surface area contributed by atoms with Crippen molar-refractivity contribution >= 4 is 5.69 Å². The highest BCUT2D eigenvalue weighted by Gasteiger charge is 1.97. The number of benzene rings is 1. The highest BCUT2D eigenvalue weighted by Crippen LogP contribution is 2.11. The lowest BCUT2D eigenvalue weighted by molar-refractivity contribution is 0.413. The van der Waals surface area contributed by atoms with Crippen molar-refractivity contribution in [2.24, 2.45) is 0 Å². The number of aryl methyl sites for hydroxylation is 1. The second-order valence-corrected chi connectivity index (χ2v) is 3.81. The maximum atomic E-state index is 5.75. The van der Waals surface area contributed by atoms with Crippen LogP contribution in [0, 0.1) is 6.92 Å². The fourth-order valence-electron chi connectivity index (χ4n) is 1.39. The average molecular weight is 178 g/mol. The van der Waals surface area contributed by atoms with E-state index in [2.05, 4.69) is 38.1 Å². The van der Waals surface area contributed by atoms with Crippen molar-refractivity contribution in [2.75, 3.05) is 26.4 Å². The van der Waals surface area contributed by atoms with Gasteiger partial charge >= 0.3 is 0 Å². The summed E-state index contributed by atoms with van der Waals surface area (Å²) in [5.74, 6) is 0. The van der Waals surface area contributed by atoms with Gasteiger partial charge in [-0.2, -0.15) is 0 Å². The minimum absolute atomic E-state index is 0.869. The van der Waals surface area contributed by atoms with Gasteiger partial charge in [0.15, 0.2) is 0 Å². The molecule has 0 atom stereocenters. The predicted octanol–water partition coefficient (Wildman–Crippen LogP) is 1.68. The number of hydrogen-bond donors (Lipinski definition) is 1. The normalized spacial score (nSPS) is 10.8. The molecule has 2 heteroatoms. The molecule has 0 heterocycles. The van der Waals surface area contributed by atoms with E-state index in [1.807, 2.05) is 6.07 Å². The van der Waals surface area contributed by atoms with E-state index in [1.165, 1.54) is 11.1 Å². The van der Waals surface area contributed by atoms with Crippen molar-refractivity contribution in [2.45, 2.75) is 13.3 Å². The van der Waals surface area contributed by atoms with Crippen molar-refractivity contribution in [3.63, 3.8) is 0 Å². The van der Waals surface area contributed by atoms with Crippen LogP contribution in [0.25, 0.3) is 0 Å². The van der Waals surface area contributed by atoms with Crippen molar-refractivity contribution in [1.82, 2.24) is 4.90 Å². The molecule has 2 N–H and O–H groups in total. The first-order valence-electron chi connectivity index (χ1n) is 4.58. The van der Waals surface area contributed by atoms with E-state index in [0.29, 0.717) is 0 Å². The molecule has 2 nitrogen and oxygen atoms in total. The third-order valence-electron chi connectivity index (χ3n) is 2.01. The summed E-state index contributed by atoms with van der Waals surface area (Å²) in [6.45, 7) is 3.15. The molecule has 1 aromatic rings. The highest BCUT2D eigenvalue weighted by atomic mass is 15.0. The third-order valence-corrected chi connectivity index (χ3v) is 2.01. The molecular formula is C11H18N2. The van der Waals surface area contributed by atoms with Crippen molar-refractivity contribution in [3.05, 3.63) is 29.3 Å². The van der Waals surface area contributed by atoms with Crippen LogP contribution in [0.3, 0.4) is 0 Å². The fraction of sp³-hybridized carbons (Fsp3) is 0.455. The van der Waals surface area contributed by atoms with Crippen LogP contribution in [0.2, 0.25) is 0 Å². The molecule has 0 fully saturated rings. The van der Waals surface area contributed by atoms with Crippen LogP contribution in [-0.2, 0) is 6.42 Å². The molecule has 13 heavy (non-hydrogen) atoms. The molecule has 0 radical (unpaired) electrons. The second-order valence-electron chi connectivity index (χ2n) is 3.81. The molecule has 1 rings (SSSR count). The van der Waals surface area contributed by atoms with Gasteiger partial charge in [0, 0.05) is 12.2 Å². The van der Waals surface area contributed by atoms with E-state index < -0.39 is 0 Å². The van der Waals surface area contributed by atoms with Crippen LogP contribution in [0.4, 0.5) is 5.69 Å². The second kappa shape index (κ2) is 4.28. The zero-order chi connectivity index (χ0) is 9.84. The van der Waals surface area contributed by atoms with Crippen LogP contribution in [-0.4, -0.2) is 25.5 Å².